The molecule has 2 rings (SSSR count). The molecule has 7 heteroatoms. The van der Waals surface area contributed by atoms with Gasteiger partial charge in [-0.25, -0.2) is 0 Å². The van der Waals surface area contributed by atoms with Gasteiger partial charge < -0.3 is 15.5 Å². The van der Waals surface area contributed by atoms with E-state index in [1.807, 2.05) is 0 Å². The first-order chi connectivity index (χ1) is 10.8. The number of benzene rings is 1. The molecule has 0 saturated heterocycles. The number of carbonyl (C=O) groups is 3. The number of carbonyl (C=O) groups excluding carboxylic acids is 2. The Labute approximate surface area is 133 Å². The van der Waals surface area contributed by atoms with Crippen LogP contribution in [0.1, 0.15) is 19.4 Å². The van der Waals surface area contributed by atoms with Crippen molar-refractivity contribution in [3.8, 4) is 0 Å². The minimum Gasteiger partial charge on any atom is -0.481 e. The molecule has 23 heavy (non-hydrogen) atoms. The van der Waals surface area contributed by atoms with Crippen molar-refractivity contribution >= 4 is 23.5 Å². The number of nitrogens with zero attached hydrogens (tertiary/aromatic N) is 1. The van der Waals surface area contributed by atoms with Gasteiger partial charge in [0.1, 0.15) is 5.70 Å². The van der Waals surface area contributed by atoms with E-state index >= 15 is 0 Å². The quantitative estimate of drug-likeness (QED) is 0.667. The van der Waals surface area contributed by atoms with Gasteiger partial charge in [-0.15, -0.1) is 0 Å². The molecule has 1 aliphatic rings. The molecule has 0 unspecified atom stereocenters. The molecule has 1 aliphatic heterocycles. The van der Waals surface area contributed by atoms with Crippen LogP contribution in [0.15, 0.2) is 36.0 Å². The Morgan fingerprint density at radius 1 is 1.22 bits per heavy atom. The van der Waals surface area contributed by atoms with E-state index in [-0.39, 0.29) is 18.8 Å². The molecule has 1 aromatic carbocycles. The molecule has 2 amide bonds. The number of rotatable bonds is 6. The maximum absolute atomic E-state index is 12.0. The average Bonchev–Trinajstić information content (AvgIpc) is 2.76. The van der Waals surface area contributed by atoms with Gasteiger partial charge in [0, 0.05) is 11.8 Å². The molecule has 7 nitrogen and oxygen atoms in total. The molecule has 0 aromatic heterocycles. The van der Waals surface area contributed by atoms with Gasteiger partial charge in [0.2, 0.25) is 0 Å². The van der Waals surface area contributed by atoms with E-state index in [2.05, 4.69) is 5.32 Å². The Hall–Kier alpha value is -2.67. The summed E-state index contributed by atoms with van der Waals surface area (Å²) in [7, 11) is 0. The number of carboxylic acids is 1. The topological polar surface area (TPSA) is 107 Å². The third kappa shape index (κ3) is 3.24. The third-order valence-electron chi connectivity index (χ3n) is 3.75. The summed E-state index contributed by atoms with van der Waals surface area (Å²) in [4.78, 5) is 35.8. The average molecular weight is 318 g/mol. The number of nitrogens with one attached hydrogen (secondary N) is 1. The maximum atomic E-state index is 12.0. The van der Waals surface area contributed by atoms with E-state index in [1.54, 1.807) is 38.1 Å². The van der Waals surface area contributed by atoms with Gasteiger partial charge in [0.25, 0.3) is 11.8 Å². The monoisotopic (exact) mass is 318 g/mol. The summed E-state index contributed by atoms with van der Waals surface area (Å²) in [6, 6.07) is 6.61. The van der Waals surface area contributed by atoms with Crippen molar-refractivity contribution in [3.63, 3.8) is 0 Å². The molecule has 0 atom stereocenters. The predicted molar refractivity (Wildman–Crippen MR) is 82.6 cm³/mol. The molecule has 1 aromatic rings. The summed E-state index contributed by atoms with van der Waals surface area (Å²) in [5.74, 6) is -1.91. The summed E-state index contributed by atoms with van der Waals surface area (Å²) in [5.41, 5.74) is 0.289. The Kier molecular flexibility index (Phi) is 4.51. The van der Waals surface area contributed by atoms with Gasteiger partial charge >= 0.3 is 5.97 Å². The van der Waals surface area contributed by atoms with Crippen LogP contribution in [-0.2, 0) is 19.8 Å². The number of anilines is 1. The number of imide groups is 1. The summed E-state index contributed by atoms with van der Waals surface area (Å²) < 4.78 is 0. The molecule has 3 N–H and O–H groups in total. The lowest BCUT2D eigenvalue weighted by molar-refractivity contribution is -0.142. The van der Waals surface area contributed by atoms with Crippen LogP contribution in [0.5, 0.6) is 0 Å². The van der Waals surface area contributed by atoms with Gasteiger partial charge in [-0.05, 0) is 31.5 Å². The summed E-state index contributed by atoms with van der Waals surface area (Å²) in [5, 5.41) is 20.9. The van der Waals surface area contributed by atoms with Crippen molar-refractivity contribution in [2.24, 2.45) is 0 Å². The lowest BCUT2D eigenvalue weighted by Crippen LogP contribution is -2.34. The van der Waals surface area contributed by atoms with Crippen LogP contribution < -0.4 is 5.32 Å². The van der Waals surface area contributed by atoms with Gasteiger partial charge in [0.05, 0.1) is 18.6 Å². The minimum absolute atomic E-state index is 0.0505. The first kappa shape index (κ1) is 16.7. The van der Waals surface area contributed by atoms with Crippen molar-refractivity contribution in [2.45, 2.75) is 19.3 Å². The van der Waals surface area contributed by atoms with Gasteiger partial charge in [-0.1, -0.05) is 12.1 Å². The molecule has 0 saturated carbocycles. The number of aliphatic hydroxyl groups is 1. The molecule has 0 spiro atoms. The standard InChI is InChI=1S/C16H18N2O5/c1-16(2,15(22)23)10-3-5-11(6-4-10)17-12-9-13(20)18(7-8-19)14(12)21/h3-6,9,17,19H,7-8H2,1-2H3,(H,22,23). The zero-order valence-corrected chi connectivity index (χ0v) is 12.9. The number of aliphatic hydroxyl groups excluding tert-OH is 1. The number of hydrogen-bond donors (Lipinski definition) is 3. The third-order valence-corrected chi connectivity index (χ3v) is 3.75. The summed E-state index contributed by atoms with van der Waals surface area (Å²) in [6.45, 7) is 2.86. The second-order valence-electron chi connectivity index (χ2n) is 5.71. The lowest BCUT2D eigenvalue weighted by atomic mass is 9.85. The van der Waals surface area contributed by atoms with E-state index in [0.717, 1.165) is 4.90 Å². The number of amides is 2. The Morgan fingerprint density at radius 3 is 2.35 bits per heavy atom. The minimum atomic E-state index is -1.02. The molecule has 1 heterocycles. The fourth-order valence-electron chi connectivity index (χ4n) is 2.16. The van der Waals surface area contributed by atoms with Gasteiger partial charge in [-0.3, -0.25) is 19.3 Å². The van der Waals surface area contributed by atoms with Crippen LogP contribution in [0.25, 0.3) is 0 Å². The lowest BCUT2D eigenvalue weighted by Gasteiger charge is -2.20. The first-order valence-corrected chi connectivity index (χ1v) is 7.06. The van der Waals surface area contributed by atoms with E-state index in [9.17, 15) is 19.5 Å². The second-order valence-corrected chi connectivity index (χ2v) is 5.71. The molecule has 0 radical (unpaired) electrons. The summed E-state index contributed by atoms with van der Waals surface area (Å²) >= 11 is 0. The highest BCUT2D eigenvalue weighted by Gasteiger charge is 2.31. The van der Waals surface area contributed by atoms with Crippen LogP contribution >= 0.6 is 0 Å². The highest BCUT2D eigenvalue weighted by atomic mass is 16.4. The maximum Gasteiger partial charge on any atom is 0.313 e. The van der Waals surface area contributed by atoms with E-state index in [1.165, 1.54) is 6.08 Å². The Balaban J connectivity index is 2.14. The normalized spacial score (nSPS) is 14.9. The van der Waals surface area contributed by atoms with E-state index in [4.69, 9.17) is 5.11 Å². The molecule has 0 aliphatic carbocycles. The summed E-state index contributed by atoms with van der Waals surface area (Å²) in [6.07, 6.45) is 1.17. The van der Waals surface area contributed by atoms with Crippen molar-refractivity contribution in [3.05, 3.63) is 41.6 Å². The van der Waals surface area contributed by atoms with Crippen LogP contribution in [0.3, 0.4) is 0 Å². The molecule has 122 valence electrons. The fraction of sp³-hybridized carbons (Fsp3) is 0.312. The number of aliphatic carboxylic acids is 1. The number of β-amino-alcohol motifs (C(OH)–C–C–N with tert-alkyl or cyclic N) is 1. The van der Waals surface area contributed by atoms with Crippen molar-refractivity contribution < 1.29 is 24.6 Å². The SMILES string of the molecule is CC(C)(C(=O)O)c1ccc(NC2=CC(=O)N(CCO)C2=O)cc1. The predicted octanol–water partition coefficient (Wildman–Crippen LogP) is 0.706. The Bertz CT molecular complexity index is 676. The zero-order valence-electron chi connectivity index (χ0n) is 12.9. The van der Waals surface area contributed by atoms with Gasteiger partial charge in [-0.2, -0.15) is 0 Å². The first-order valence-electron chi connectivity index (χ1n) is 7.06. The van der Waals surface area contributed by atoms with Crippen molar-refractivity contribution in [2.75, 3.05) is 18.5 Å². The molecule has 0 bridgehead atoms. The molecular weight excluding hydrogens is 300 g/mol. The van der Waals surface area contributed by atoms with Crippen LogP contribution in [0.4, 0.5) is 5.69 Å². The van der Waals surface area contributed by atoms with E-state index in [0.29, 0.717) is 11.3 Å². The van der Waals surface area contributed by atoms with E-state index < -0.39 is 23.2 Å². The van der Waals surface area contributed by atoms with Crippen molar-refractivity contribution in [1.82, 2.24) is 4.90 Å². The highest BCUT2D eigenvalue weighted by molar-refractivity contribution is 6.17. The second kappa shape index (κ2) is 6.21. The van der Waals surface area contributed by atoms with Crippen LogP contribution in [-0.4, -0.2) is 46.0 Å². The zero-order chi connectivity index (χ0) is 17.2. The Morgan fingerprint density at radius 2 is 1.83 bits per heavy atom. The van der Waals surface area contributed by atoms with Crippen molar-refractivity contribution in [1.29, 1.82) is 0 Å². The molecular formula is C16H18N2O5. The highest BCUT2D eigenvalue weighted by Crippen LogP contribution is 2.25. The number of carboxylic acid groups (broad SMARTS) is 1. The van der Waals surface area contributed by atoms with Crippen LogP contribution in [0, 0.1) is 0 Å². The number of hydrogen-bond acceptors (Lipinski definition) is 5. The fourth-order valence-corrected chi connectivity index (χ4v) is 2.16. The molecule has 0 fully saturated rings. The largest absolute Gasteiger partial charge is 0.481 e. The smallest absolute Gasteiger partial charge is 0.313 e. The van der Waals surface area contributed by atoms with Gasteiger partial charge in [0.15, 0.2) is 0 Å². The van der Waals surface area contributed by atoms with Crippen LogP contribution in [0.2, 0.25) is 0 Å².